The van der Waals surface area contributed by atoms with E-state index in [0.717, 1.165) is 11.1 Å². The van der Waals surface area contributed by atoms with Crippen molar-refractivity contribution in [2.45, 2.75) is 30.3 Å². The fraction of sp³-hybridized carbons (Fsp3) is 0.389. The van der Waals surface area contributed by atoms with Crippen molar-refractivity contribution in [3.05, 3.63) is 55.8 Å². The van der Waals surface area contributed by atoms with E-state index >= 15 is 0 Å². The molecule has 2 N–H and O–H groups in total. The summed E-state index contributed by atoms with van der Waals surface area (Å²) < 4.78 is 4.85. The molecular formula is C18H20O4S3. The third kappa shape index (κ3) is 3.31. The summed E-state index contributed by atoms with van der Waals surface area (Å²) in [6.07, 6.45) is 1.74. The largest absolute Gasteiger partial charge is 0.465 e. The lowest BCUT2D eigenvalue weighted by molar-refractivity contribution is -0.135. The fourth-order valence-electron chi connectivity index (χ4n) is 3.10. The Morgan fingerprint density at radius 3 is 2.12 bits per heavy atom. The van der Waals surface area contributed by atoms with Crippen molar-refractivity contribution >= 4 is 40.4 Å². The van der Waals surface area contributed by atoms with Crippen LogP contribution in [-0.2, 0) is 20.7 Å². The van der Waals surface area contributed by atoms with Crippen LogP contribution in [0.2, 0.25) is 0 Å². The predicted octanol–water partition coefficient (Wildman–Crippen LogP) is 3.71. The van der Waals surface area contributed by atoms with Gasteiger partial charge in [-0.3, -0.25) is 0 Å². The third-order valence-corrected chi connectivity index (χ3v) is 7.64. The lowest BCUT2D eigenvalue weighted by Crippen LogP contribution is -2.45. The summed E-state index contributed by atoms with van der Waals surface area (Å²) in [5.74, 6) is -0.893. The van der Waals surface area contributed by atoms with E-state index in [0.29, 0.717) is 4.91 Å². The molecule has 0 amide bonds. The van der Waals surface area contributed by atoms with Gasteiger partial charge in [0.05, 0.1) is 22.9 Å². The molecule has 1 aliphatic rings. The molecule has 0 spiro atoms. The molecule has 4 atom stereocenters. The van der Waals surface area contributed by atoms with Gasteiger partial charge in [0.1, 0.15) is 5.60 Å². The summed E-state index contributed by atoms with van der Waals surface area (Å²) in [4.78, 5) is 12.5. The van der Waals surface area contributed by atoms with Crippen LogP contribution < -0.4 is 0 Å². The van der Waals surface area contributed by atoms with Crippen LogP contribution in [0.5, 0.6) is 0 Å². The summed E-state index contributed by atoms with van der Waals surface area (Å²) >= 11 is 4.27. The molecule has 2 aromatic rings. The predicted molar refractivity (Wildman–Crippen MR) is 103 cm³/mol. The summed E-state index contributed by atoms with van der Waals surface area (Å²) in [6.45, 7) is 3.46. The average molecular weight is 397 g/mol. The first-order chi connectivity index (χ1) is 11.8. The van der Waals surface area contributed by atoms with Gasteiger partial charge in [-0.25, -0.2) is 4.79 Å². The Morgan fingerprint density at radius 2 is 1.64 bits per heavy atom. The highest BCUT2D eigenvalue weighted by atomic mass is 32.2. The van der Waals surface area contributed by atoms with Gasteiger partial charge in [-0.2, -0.15) is 22.7 Å². The summed E-state index contributed by atoms with van der Waals surface area (Å²) in [6, 6.07) is 3.74. The van der Waals surface area contributed by atoms with Gasteiger partial charge in [-0.1, -0.05) is 6.08 Å². The van der Waals surface area contributed by atoms with Crippen LogP contribution in [0.4, 0.5) is 0 Å². The maximum atomic E-state index is 12.1. The molecule has 0 saturated carbocycles. The minimum atomic E-state index is -1.21. The molecule has 25 heavy (non-hydrogen) atoms. The van der Waals surface area contributed by atoms with Gasteiger partial charge in [0, 0.05) is 5.92 Å². The minimum Gasteiger partial charge on any atom is -0.465 e. The first-order valence-electron chi connectivity index (χ1n) is 7.75. The molecule has 4 nitrogen and oxygen atoms in total. The molecule has 1 aliphatic heterocycles. The zero-order valence-electron chi connectivity index (χ0n) is 14.1. The van der Waals surface area contributed by atoms with Gasteiger partial charge in [0.25, 0.3) is 0 Å². The maximum Gasteiger partial charge on any atom is 0.344 e. The molecule has 0 saturated heterocycles. The van der Waals surface area contributed by atoms with Crippen LogP contribution in [0, 0.1) is 5.92 Å². The van der Waals surface area contributed by atoms with Crippen molar-refractivity contribution in [1.29, 1.82) is 0 Å². The first-order valence-corrected chi connectivity index (χ1v) is 10.5. The van der Waals surface area contributed by atoms with E-state index < -0.39 is 28.3 Å². The van der Waals surface area contributed by atoms with Crippen molar-refractivity contribution in [3.63, 3.8) is 0 Å². The highest BCUT2D eigenvalue weighted by Crippen LogP contribution is 2.52. The van der Waals surface area contributed by atoms with E-state index in [1.54, 1.807) is 19.9 Å². The number of carbonyl (C=O) groups is 1. The molecule has 2 aromatic heterocycles. The molecule has 0 bridgehead atoms. The molecular weight excluding hydrogens is 376 g/mol. The van der Waals surface area contributed by atoms with E-state index in [1.165, 1.54) is 41.5 Å². The Hall–Kier alpha value is -1.12. The smallest absolute Gasteiger partial charge is 0.344 e. The number of thioether (sulfide) groups is 1. The van der Waals surface area contributed by atoms with Crippen molar-refractivity contribution in [1.82, 2.24) is 0 Å². The second kappa shape index (κ2) is 6.89. The van der Waals surface area contributed by atoms with Gasteiger partial charge in [0.15, 0.2) is 0 Å². The molecule has 4 unspecified atom stereocenters. The third-order valence-electron chi connectivity index (χ3n) is 4.71. The zero-order chi connectivity index (χ0) is 18.2. The van der Waals surface area contributed by atoms with Gasteiger partial charge < -0.3 is 14.9 Å². The molecule has 0 radical (unpaired) electrons. The number of hydrogen-bond acceptors (Lipinski definition) is 7. The molecule has 0 fully saturated rings. The monoisotopic (exact) mass is 396 g/mol. The highest BCUT2D eigenvalue weighted by Gasteiger charge is 2.51. The van der Waals surface area contributed by atoms with Crippen molar-refractivity contribution in [3.8, 4) is 0 Å². The van der Waals surface area contributed by atoms with Gasteiger partial charge in [-0.05, 0) is 58.6 Å². The van der Waals surface area contributed by atoms with E-state index in [1.807, 2.05) is 33.7 Å². The molecule has 0 aliphatic carbocycles. The van der Waals surface area contributed by atoms with E-state index in [-0.39, 0.29) is 0 Å². The number of thiophene rings is 2. The Kier molecular flexibility index (Phi) is 5.14. The summed E-state index contributed by atoms with van der Waals surface area (Å²) in [7, 11) is 1.33. The normalized spacial score (nSPS) is 25.1. The SMILES string of the molecule is COC(=O)C1=CC(C(C)(O)c2ccsc2)C(C(C)(O)c2ccsc2)S1. The van der Waals surface area contributed by atoms with Gasteiger partial charge in [0.2, 0.25) is 0 Å². The van der Waals surface area contributed by atoms with Crippen LogP contribution in [0.15, 0.2) is 44.6 Å². The van der Waals surface area contributed by atoms with Crippen molar-refractivity contribution < 1.29 is 19.7 Å². The van der Waals surface area contributed by atoms with Crippen molar-refractivity contribution in [2.24, 2.45) is 5.92 Å². The number of rotatable bonds is 5. The fourth-order valence-corrected chi connectivity index (χ4v) is 6.17. The van der Waals surface area contributed by atoms with Gasteiger partial charge >= 0.3 is 5.97 Å². The molecule has 0 aromatic carbocycles. The van der Waals surface area contributed by atoms with Crippen LogP contribution in [-0.4, -0.2) is 28.5 Å². The average Bonchev–Trinajstić information content (AvgIpc) is 3.35. The molecule has 134 valence electrons. The molecule has 7 heteroatoms. The Balaban J connectivity index is 2.03. The van der Waals surface area contributed by atoms with Crippen LogP contribution in [0.25, 0.3) is 0 Å². The van der Waals surface area contributed by atoms with E-state index in [4.69, 9.17) is 4.74 Å². The minimum absolute atomic E-state index is 0.420. The van der Waals surface area contributed by atoms with Crippen LogP contribution in [0.1, 0.15) is 25.0 Å². The number of ether oxygens (including phenoxy) is 1. The topological polar surface area (TPSA) is 66.8 Å². The second-order valence-corrected chi connectivity index (χ2v) is 9.15. The van der Waals surface area contributed by atoms with Crippen LogP contribution in [0.3, 0.4) is 0 Å². The Morgan fingerprint density at radius 1 is 1.08 bits per heavy atom. The van der Waals surface area contributed by atoms with Crippen LogP contribution >= 0.6 is 34.4 Å². The summed E-state index contributed by atoms with van der Waals surface area (Å²) in [5.41, 5.74) is -0.869. The quantitative estimate of drug-likeness (QED) is 0.754. The Labute approximate surface area is 159 Å². The lowest BCUT2D eigenvalue weighted by Gasteiger charge is -2.39. The number of methoxy groups -OCH3 is 1. The number of esters is 1. The molecule has 3 rings (SSSR count). The standard InChI is InChI=1S/C18H20O4S3/c1-17(20,11-4-6-23-9-11)13-8-14(16(19)22-3)25-15(13)18(2,21)12-5-7-24-10-12/h4-10,13,15,20-21H,1-3H3. The lowest BCUT2D eigenvalue weighted by atomic mass is 9.75. The molecule has 3 heterocycles. The second-order valence-electron chi connectivity index (χ2n) is 6.41. The maximum absolute atomic E-state index is 12.1. The Bertz CT molecular complexity index is 760. The van der Waals surface area contributed by atoms with Gasteiger partial charge in [-0.15, -0.1) is 11.8 Å². The zero-order valence-corrected chi connectivity index (χ0v) is 16.6. The van der Waals surface area contributed by atoms with E-state index in [9.17, 15) is 15.0 Å². The number of hydrogen-bond donors (Lipinski definition) is 2. The van der Waals surface area contributed by atoms with E-state index in [2.05, 4.69) is 0 Å². The number of aliphatic hydroxyl groups is 2. The summed E-state index contributed by atoms with van der Waals surface area (Å²) in [5, 5.41) is 29.7. The van der Waals surface area contributed by atoms with Crippen molar-refractivity contribution in [2.75, 3.05) is 7.11 Å². The number of carbonyl (C=O) groups excluding carboxylic acids is 1. The first kappa shape index (κ1) is 18.7. The highest BCUT2D eigenvalue weighted by molar-refractivity contribution is 8.04.